The lowest BCUT2D eigenvalue weighted by molar-refractivity contribution is -0.134. The van der Waals surface area contributed by atoms with Gasteiger partial charge in [0, 0.05) is 37.6 Å². The van der Waals surface area contributed by atoms with Gasteiger partial charge in [0.15, 0.2) is 0 Å². The molecule has 118 valence electrons. The number of amides is 1. The van der Waals surface area contributed by atoms with E-state index in [0.29, 0.717) is 5.91 Å². The van der Waals surface area contributed by atoms with Gasteiger partial charge >= 0.3 is 0 Å². The predicted octanol–water partition coefficient (Wildman–Crippen LogP) is 2.33. The van der Waals surface area contributed by atoms with Crippen LogP contribution in [0.4, 0.5) is 0 Å². The van der Waals surface area contributed by atoms with Gasteiger partial charge in [0.25, 0.3) is 0 Å². The average Bonchev–Trinajstić information content (AvgIpc) is 3.11. The van der Waals surface area contributed by atoms with Gasteiger partial charge in [0.1, 0.15) is 0 Å². The van der Waals surface area contributed by atoms with Gasteiger partial charge in [-0.15, -0.1) is 23.7 Å². The number of hydrogen-bond acceptors (Lipinski definition) is 4. The number of carbonyl (C=O) groups is 1. The fourth-order valence-corrected chi connectivity index (χ4v) is 4.42. The maximum atomic E-state index is 12.3. The van der Waals surface area contributed by atoms with Gasteiger partial charge < -0.3 is 10.2 Å². The molecule has 1 N–H and O–H groups in total. The van der Waals surface area contributed by atoms with Crippen LogP contribution in [0.15, 0.2) is 15.9 Å². The second-order valence-electron chi connectivity index (χ2n) is 5.46. The molecule has 0 saturated carbocycles. The minimum atomic E-state index is 0. The first-order valence-electron chi connectivity index (χ1n) is 7.21. The highest BCUT2D eigenvalue weighted by Gasteiger charge is 2.29. The molecule has 1 aromatic heterocycles. The van der Waals surface area contributed by atoms with E-state index in [-0.39, 0.29) is 18.4 Å². The zero-order valence-corrected chi connectivity index (χ0v) is 15.1. The summed E-state index contributed by atoms with van der Waals surface area (Å²) in [6, 6.07) is 4.36. The molecule has 3 rings (SSSR count). The molecular weight excluding hydrogens is 374 g/mol. The van der Waals surface area contributed by atoms with Crippen LogP contribution in [0.5, 0.6) is 0 Å². The van der Waals surface area contributed by atoms with Crippen molar-refractivity contribution >= 4 is 45.6 Å². The molecule has 0 bridgehead atoms. The van der Waals surface area contributed by atoms with Gasteiger partial charge in [-0.1, -0.05) is 0 Å². The summed E-state index contributed by atoms with van der Waals surface area (Å²) >= 11 is 5.30. The van der Waals surface area contributed by atoms with Gasteiger partial charge in [0.2, 0.25) is 5.91 Å². The minimum absolute atomic E-state index is 0. The summed E-state index contributed by atoms with van der Waals surface area (Å²) in [4.78, 5) is 18.2. The summed E-state index contributed by atoms with van der Waals surface area (Å²) in [6.07, 6.45) is 2.13. The number of rotatable bonds is 3. The van der Waals surface area contributed by atoms with Gasteiger partial charge in [-0.2, -0.15) is 0 Å². The molecule has 0 aromatic carbocycles. The lowest BCUT2D eigenvalue weighted by Crippen LogP contribution is -2.52. The molecule has 0 radical (unpaired) electrons. The van der Waals surface area contributed by atoms with Crippen LogP contribution in [-0.2, 0) is 11.3 Å². The van der Waals surface area contributed by atoms with E-state index >= 15 is 0 Å². The molecule has 2 aliphatic heterocycles. The highest BCUT2D eigenvalue weighted by Crippen LogP contribution is 2.23. The van der Waals surface area contributed by atoms with Gasteiger partial charge in [0.05, 0.1) is 9.83 Å². The molecule has 3 heterocycles. The zero-order valence-electron chi connectivity index (χ0n) is 11.9. The van der Waals surface area contributed by atoms with Crippen molar-refractivity contribution in [1.82, 2.24) is 15.1 Å². The first-order valence-corrected chi connectivity index (χ1v) is 8.82. The monoisotopic (exact) mass is 393 g/mol. The number of nitrogens with zero attached hydrogens (tertiary/aromatic N) is 2. The van der Waals surface area contributed by atoms with E-state index in [2.05, 4.69) is 38.3 Å². The summed E-state index contributed by atoms with van der Waals surface area (Å²) in [7, 11) is 0. The lowest BCUT2D eigenvalue weighted by Gasteiger charge is -2.35. The number of nitrogens with one attached hydrogen (secondary N) is 1. The molecule has 1 aromatic rings. The zero-order chi connectivity index (χ0) is 13.9. The normalized spacial score (nSPS) is 23.1. The van der Waals surface area contributed by atoms with Gasteiger partial charge in [-0.05, 0) is 47.4 Å². The molecule has 2 aliphatic rings. The summed E-state index contributed by atoms with van der Waals surface area (Å²) in [5.41, 5.74) is 0. The number of piperazine rings is 1. The average molecular weight is 395 g/mol. The molecule has 1 amide bonds. The standard InChI is InChI=1S/C14H20BrN3OS.ClH/c15-13-4-3-11(20-13)10-17-6-8-18(9-7-17)14(19)12-2-1-5-16-12;/h3-4,12,16H,1-2,5-10H2;1H. The summed E-state index contributed by atoms with van der Waals surface area (Å²) in [5.74, 6) is 0.306. The van der Waals surface area contributed by atoms with Crippen molar-refractivity contribution in [2.75, 3.05) is 32.7 Å². The van der Waals surface area contributed by atoms with E-state index in [9.17, 15) is 4.79 Å². The Morgan fingerprint density at radius 2 is 2.10 bits per heavy atom. The molecule has 0 aliphatic carbocycles. The van der Waals surface area contributed by atoms with E-state index in [1.807, 2.05) is 4.90 Å². The summed E-state index contributed by atoms with van der Waals surface area (Å²) in [6.45, 7) is 5.68. The Kier molecular flexibility index (Phi) is 6.50. The highest BCUT2D eigenvalue weighted by molar-refractivity contribution is 9.11. The van der Waals surface area contributed by atoms with Crippen LogP contribution in [0.1, 0.15) is 17.7 Å². The summed E-state index contributed by atoms with van der Waals surface area (Å²) in [5, 5.41) is 3.30. The van der Waals surface area contributed by atoms with Crippen molar-refractivity contribution < 1.29 is 4.79 Å². The molecule has 1 atom stereocenters. The van der Waals surface area contributed by atoms with Crippen molar-refractivity contribution in [2.45, 2.75) is 25.4 Å². The van der Waals surface area contributed by atoms with Crippen molar-refractivity contribution in [3.8, 4) is 0 Å². The van der Waals surface area contributed by atoms with Gasteiger partial charge in [-0.25, -0.2) is 0 Å². The van der Waals surface area contributed by atoms with Crippen LogP contribution >= 0.6 is 39.7 Å². The van der Waals surface area contributed by atoms with Crippen LogP contribution in [0, 0.1) is 0 Å². The second kappa shape index (κ2) is 7.92. The summed E-state index contributed by atoms with van der Waals surface area (Å²) < 4.78 is 1.19. The molecule has 7 heteroatoms. The van der Waals surface area contributed by atoms with E-state index in [1.165, 1.54) is 8.66 Å². The quantitative estimate of drug-likeness (QED) is 0.854. The Morgan fingerprint density at radius 1 is 1.33 bits per heavy atom. The first kappa shape index (κ1) is 17.2. The van der Waals surface area contributed by atoms with Crippen molar-refractivity contribution in [1.29, 1.82) is 0 Å². The molecule has 4 nitrogen and oxygen atoms in total. The number of carbonyl (C=O) groups excluding carboxylic acids is 1. The molecule has 1 unspecified atom stereocenters. The Morgan fingerprint density at radius 3 is 2.67 bits per heavy atom. The Labute approximate surface area is 144 Å². The van der Waals surface area contributed by atoms with E-state index < -0.39 is 0 Å². The topological polar surface area (TPSA) is 35.6 Å². The number of hydrogen-bond donors (Lipinski definition) is 1. The third kappa shape index (κ3) is 4.42. The van der Waals surface area contributed by atoms with Gasteiger partial charge in [-0.3, -0.25) is 9.69 Å². The smallest absolute Gasteiger partial charge is 0.239 e. The highest BCUT2D eigenvalue weighted by atomic mass is 79.9. The van der Waals surface area contributed by atoms with Crippen molar-refractivity contribution in [2.24, 2.45) is 0 Å². The third-order valence-corrected chi connectivity index (χ3v) is 5.66. The molecule has 21 heavy (non-hydrogen) atoms. The van der Waals surface area contributed by atoms with E-state index in [1.54, 1.807) is 11.3 Å². The Balaban J connectivity index is 0.00000161. The minimum Gasteiger partial charge on any atom is -0.339 e. The third-order valence-electron chi connectivity index (χ3n) is 4.05. The molecule has 2 fully saturated rings. The van der Waals surface area contributed by atoms with Crippen LogP contribution in [0.2, 0.25) is 0 Å². The number of halogens is 2. The Bertz CT molecular complexity index is 471. The molecule has 0 spiro atoms. The maximum Gasteiger partial charge on any atom is 0.239 e. The number of thiophene rings is 1. The second-order valence-corrected chi connectivity index (χ2v) is 8.00. The Hall–Kier alpha value is -0.140. The van der Waals surface area contributed by atoms with Crippen LogP contribution in [0.3, 0.4) is 0 Å². The SMILES string of the molecule is Cl.O=C(C1CCCN1)N1CCN(Cc2ccc(Br)s2)CC1. The molecule has 2 saturated heterocycles. The maximum absolute atomic E-state index is 12.3. The van der Waals surface area contributed by atoms with Crippen molar-refractivity contribution in [3.63, 3.8) is 0 Å². The predicted molar refractivity (Wildman–Crippen MR) is 92.1 cm³/mol. The van der Waals surface area contributed by atoms with E-state index in [0.717, 1.165) is 52.1 Å². The van der Waals surface area contributed by atoms with E-state index in [4.69, 9.17) is 0 Å². The fraction of sp³-hybridized carbons (Fsp3) is 0.643. The van der Waals surface area contributed by atoms with Crippen LogP contribution in [-0.4, -0.2) is 54.5 Å². The van der Waals surface area contributed by atoms with Crippen molar-refractivity contribution in [3.05, 3.63) is 20.8 Å². The first-order chi connectivity index (χ1) is 9.72. The molecular formula is C14H21BrClN3OS. The largest absolute Gasteiger partial charge is 0.339 e. The van der Waals surface area contributed by atoms with Crippen LogP contribution < -0.4 is 5.32 Å². The fourth-order valence-electron chi connectivity index (χ4n) is 2.90. The van der Waals surface area contributed by atoms with Crippen LogP contribution in [0.25, 0.3) is 0 Å². The lowest BCUT2D eigenvalue weighted by atomic mass is 10.2.